The fourth-order valence-electron chi connectivity index (χ4n) is 5.34. The molecule has 0 aliphatic rings. The standard InChI is InChI=1S/C35H56/c1-23(24-17-18-26(31(2,3)4)28(20-24)33(8,9)10)19-25-21-29(34(11,12)13)30(35(14,15)16)22-27(25)32(5,6)7/h17-18,20-23H,19H2,1-16H3. The normalized spacial score (nSPS) is 14.9. The van der Waals surface area contributed by atoms with Gasteiger partial charge in [-0.05, 0) is 78.4 Å². The lowest BCUT2D eigenvalue weighted by Gasteiger charge is -2.35. The summed E-state index contributed by atoms with van der Waals surface area (Å²) in [7, 11) is 0. The van der Waals surface area contributed by atoms with E-state index in [-0.39, 0.29) is 27.1 Å². The van der Waals surface area contributed by atoms with Crippen LogP contribution in [0.5, 0.6) is 0 Å². The summed E-state index contributed by atoms with van der Waals surface area (Å²) in [5.74, 6) is 0.458. The Hall–Kier alpha value is -1.56. The molecule has 2 rings (SSSR count). The molecule has 0 saturated carbocycles. The molecular weight excluding hydrogens is 420 g/mol. The Morgan fingerprint density at radius 2 is 0.829 bits per heavy atom. The molecule has 0 aliphatic heterocycles. The third-order valence-electron chi connectivity index (χ3n) is 7.42. The SMILES string of the molecule is CC(Cc1cc(C(C)(C)C)c(C(C)(C)C)cc1C(C)(C)C)c1ccc(C(C)(C)C)c(C(C)(C)C)c1. The van der Waals surface area contributed by atoms with Crippen LogP contribution in [0.15, 0.2) is 30.3 Å². The summed E-state index contributed by atoms with van der Waals surface area (Å²) in [5, 5.41) is 0. The lowest BCUT2D eigenvalue weighted by Crippen LogP contribution is -2.26. The lowest BCUT2D eigenvalue weighted by molar-refractivity contribution is 0.518. The Morgan fingerprint density at radius 1 is 0.457 bits per heavy atom. The number of benzene rings is 2. The maximum absolute atomic E-state index is 2.56. The van der Waals surface area contributed by atoms with Crippen LogP contribution < -0.4 is 0 Å². The molecule has 0 nitrogen and oxygen atoms in total. The van der Waals surface area contributed by atoms with Gasteiger partial charge < -0.3 is 0 Å². The summed E-state index contributed by atoms with van der Waals surface area (Å²) in [4.78, 5) is 0. The van der Waals surface area contributed by atoms with Crippen LogP contribution in [-0.2, 0) is 33.5 Å². The smallest absolute Gasteiger partial charge is 0.0129 e. The summed E-state index contributed by atoms with van der Waals surface area (Å²) in [6.45, 7) is 37.8. The number of hydrogen-bond donors (Lipinski definition) is 0. The molecule has 196 valence electrons. The Morgan fingerprint density at radius 3 is 1.23 bits per heavy atom. The highest BCUT2D eigenvalue weighted by molar-refractivity contribution is 5.48. The largest absolute Gasteiger partial charge is 0.0584 e. The molecule has 0 fully saturated rings. The molecule has 2 aromatic rings. The molecular formula is C35H56. The molecule has 2 aromatic carbocycles. The van der Waals surface area contributed by atoms with Gasteiger partial charge in [-0.2, -0.15) is 0 Å². The molecule has 0 radical (unpaired) electrons. The van der Waals surface area contributed by atoms with Crippen molar-refractivity contribution in [3.63, 3.8) is 0 Å². The predicted molar refractivity (Wildman–Crippen MR) is 159 cm³/mol. The Kier molecular flexibility index (Phi) is 7.96. The van der Waals surface area contributed by atoms with Gasteiger partial charge in [-0.25, -0.2) is 0 Å². The fourth-order valence-corrected chi connectivity index (χ4v) is 5.34. The molecule has 0 bridgehead atoms. The zero-order valence-corrected chi connectivity index (χ0v) is 26.2. The van der Waals surface area contributed by atoms with Crippen molar-refractivity contribution in [2.45, 2.75) is 150 Å². The molecule has 0 aliphatic carbocycles. The highest BCUT2D eigenvalue weighted by atomic mass is 14.4. The summed E-state index contributed by atoms with van der Waals surface area (Å²) in [6, 6.07) is 12.4. The fraction of sp³-hybridized carbons (Fsp3) is 0.657. The van der Waals surface area contributed by atoms with Crippen LogP contribution >= 0.6 is 0 Å². The molecule has 35 heavy (non-hydrogen) atoms. The van der Waals surface area contributed by atoms with Crippen molar-refractivity contribution >= 4 is 0 Å². The first-order valence-corrected chi connectivity index (χ1v) is 13.8. The van der Waals surface area contributed by atoms with E-state index in [4.69, 9.17) is 0 Å². The number of rotatable bonds is 3. The van der Waals surface area contributed by atoms with Crippen molar-refractivity contribution in [3.05, 3.63) is 69.3 Å². The minimum absolute atomic E-state index is 0.109. The summed E-state index contributed by atoms with van der Waals surface area (Å²) in [5.41, 5.74) is 11.1. The molecule has 0 N–H and O–H groups in total. The maximum Gasteiger partial charge on any atom is -0.0129 e. The second-order valence-electron chi connectivity index (χ2n) is 16.2. The van der Waals surface area contributed by atoms with E-state index in [0.717, 1.165) is 6.42 Å². The van der Waals surface area contributed by atoms with Crippen LogP contribution in [0.2, 0.25) is 0 Å². The van der Waals surface area contributed by atoms with Crippen LogP contribution in [0, 0.1) is 0 Å². The van der Waals surface area contributed by atoms with Crippen molar-refractivity contribution in [1.82, 2.24) is 0 Å². The molecule has 0 spiro atoms. The van der Waals surface area contributed by atoms with E-state index in [9.17, 15) is 0 Å². The topological polar surface area (TPSA) is 0 Å². The third-order valence-corrected chi connectivity index (χ3v) is 7.42. The quantitative estimate of drug-likeness (QED) is 0.413. The zero-order chi connectivity index (χ0) is 27.4. The summed E-state index contributed by atoms with van der Waals surface area (Å²) >= 11 is 0. The predicted octanol–water partition coefficient (Wildman–Crippen LogP) is 10.5. The average molecular weight is 477 g/mol. The monoisotopic (exact) mass is 476 g/mol. The van der Waals surface area contributed by atoms with Gasteiger partial charge in [0.15, 0.2) is 0 Å². The van der Waals surface area contributed by atoms with Crippen molar-refractivity contribution in [2.75, 3.05) is 0 Å². The first-order valence-electron chi connectivity index (χ1n) is 13.8. The molecule has 0 aromatic heterocycles. The van der Waals surface area contributed by atoms with E-state index in [2.05, 4.69) is 141 Å². The second-order valence-corrected chi connectivity index (χ2v) is 16.2. The Balaban J connectivity index is 2.68. The Bertz CT molecular complexity index is 1030. The van der Waals surface area contributed by atoms with Crippen LogP contribution in [-0.4, -0.2) is 0 Å². The van der Waals surface area contributed by atoms with Gasteiger partial charge in [0.25, 0.3) is 0 Å². The lowest BCUT2D eigenvalue weighted by atomic mass is 9.70. The highest BCUT2D eigenvalue weighted by Crippen LogP contribution is 2.41. The molecule has 0 saturated heterocycles. The second kappa shape index (κ2) is 9.39. The number of hydrogen-bond acceptors (Lipinski definition) is 0. The Labute approximate surface area is 219 Å². The van der Waals surface area contributed by atoms with Crippen LogP contribution in [0.1, 0.15) is 156 Å². The average Bonchev–Trinajstić information content (AvgIpc) is 2.63. The molecule has 0 heteroatoms. The van der Waals surface area contributed by atoms with Crippen molar-refractivity contribution in [3.8, 4) is 0 Å². The van der Waals surface area contributed by atoms with E-state index >= 15 is 0 Å². The van der Waals surface area contributed by atoms with Gasteiger partial charge in [-0.15, -0.1) is 0 Å². The maximum atomic E-state index is 2.56. The van der Waals surface area contributed by atoms with E-state index in [0.29, 0.717) is 5.92 Å². The van der Waals surface area contributed by atoms with Crippen LogP contribution in [0.3, 0.4) is 0 Å². The molecule has 0 amide bonds. The van der Waals surface area contributed by atoms with E-state index in [1.54, 1.807) is 0 Å². The molecule has 1 atom stereocenters. The van der Waals surface area contributed by atoms with E-state index < -0.39 is 0 Å². The minimum atomic E-state index is 0.109. The van der Waals surface area contributed by atoms with Gasteiger partial charge in [0.1, 0.15) is 0 Å². The summed E-state index contributed by atoms with van der Waals surface area (Å²) in [6.07, 6.45) is 1.07. The third kappa shape index (κ3) is 7.02. The van der Waals surface area contributed by atoms with Crippen LogP contribution in [0.25, 0.3) is 0 Å². The first kappa shape index (κ1) is 29.7. The molecule has 0 heterocycles. The van der Waals surface area contributed by atoms with Gasteiger partial charge in [-0.1, -0.05) is 141 Å². The van der Waals surface area contributed by atoms with Crippen LogP contribution in [0.4, 0.5) is 0 Å². The van der Waals surface area contributed by atoms with Gasteiger partial charge >= 0.3 is 0 Å². The van der Waals surface area contributed by atoms with Gasteiger partial charge in [0.2, 0.25) is 0 Å². The van der Waals surface area contributed by atoms with Gasteiger partial charge in [0.05, 0.1) is 0 Å². The van der Waals surface area contributed by atoms with E-state index in [1.165, 1.54) is 38.9 Å². The van der Waals surface area contributed by atoms with Crippen molar-refractivity contribution in [2.24, 2.45) is 0 Å². The molecule has 1 unspecified atom stereocenters. The van der Waals surface area contributed by atoms with E-state index in [1.807, 2.05) is 0 Å². The summed E-state index contributed by atoms with van der Waals surface area (Å²) < 4.78 is 0. The minimum Gasteiger partial charge on any atom is -0.0584 e. The first-order chi connectivity index (χ1) is 15.4. The van der Waals surface area contributed by atoms with Gasteiger partial charge in [-0.3, -0.25) is 0 Å². The van der Waals surface area contributed by atoms with Gasteiger partial charge in [0, 0.05) is 0 Å². The zero-order valence-electron chi connectivity index (χ0n) is 26.2. The van der Waals surface area contributed by atoms with Crippen molar-refractivity contribution < 1.29 is 0 Å². The van der Waals surface area contributed by atoms with Crippen molar-refractivity contribution in [1.29, 1.82) is 0 Å². The highest BCUT2D eigenvalue weighted by Gasteiger charge is 2.30.